The zero-order valence-electron chi connectivity index (χ0n) is 40.3. The molecule has 11 rings (SSSR count). The maximum Gasteiger partial charge on any atom is 0.197 e. The van der Waals surface area contributed by atoms with Crippen molar-refractivity contribution >= 4 is 44.6 Å². The minimum atomic E-state index is 0.123. The summed E-state index contributed by atoms with van der Waals surface area (Å²) in [5.41, 5.74) is 12.0. The third-order valence-corrected chi connectivity index (χ3v) is 13.3. The first kappa shape index (κ1) is 47.1. The van der Waals surface area contributed by atoms with Gasteiger partial charge < -0.3 is 4.57 Å². The van der Waals surface area contributed by atoms with E-state index in [1.54, 1.807) is 12.1 Å². The topological polar surface area (TPSA) is 143 Å². The van der Waals surface area contributed by atoms with E-state index in [0.717, 1.165) is 11.1 Å². The standard InChI is InChI=1S/C66H31N11/c1-71-51-20-12-19-45(28-51)54-33-48(58-35-57(42-14-7-5-8-15-42)75-66(76-58)43-16-9-6-10-17-43)32-53(44-18-11-13-40(25-44)36-67)65(54)77-61-23-21-46(63-49(38-69)26-41(37-68)27-59(63)73-3)30-55(61)56-31-47(22-24-62(56)77)64-50(39-70)29-52(72-2)34-60(64)74-4/h5-35H. The molecule has 9 aromatic carbocycles. The van der Waals surface area contributed by atoms with Crippen molar-refractivity contribution in [2.75, 3.05) is 0 Å². The summed E-state index contributed by atoms with van der Waals surface area (Å²) < 4.78 is 2.11. The van der Waals surface area contributed by atoms with Gasteiger partial charge in [-0.25, -0.2) is 29.3 Å². The molecule has 0 saturated heterocycles. The van der Waals surface area contributed by atoms with E-state index in [2.05, 4.69) is 60.4 Å². The van der Waals surface area contributed by atoms with Crippen LogP contribution in [0.1, 0.15) is 22.3 Å². The highest BCUT2D eigenvalue weighted by Gasteiger charge is 2.25. The Morgan fingerprint density at radius 3 is 1.48 bits per heavy atom. The van der Waals surface area contributed by atoms with E-state index in [1.165, 1.54) is 24.3 Å². The minimum absolute atomic E-state index is 0.123. The lowest BCUT2D eigenvalue weighted by Gasteiger charge is -2.22. The average Bonchev–Trinajstić information content (AvgIpc) is 3.94. The lowest BCUT2D eigenvalue weighted by Crippen LogP contribution is -2.03. The van der Waals surface area contributed by atoms with E-state index in [1.807, 2.05) is 140 Å². The van der Waals surface area contributed by atoms with Gasteiger partial charge in [0.1, 0.15) is 0 Å². The second kappa shape index (κ2) is 19.8. The van der Waals surface area contributed by atoms with Crippen LogP contribution in [0, 0.1) is 71.6 Å². The van der Waals surface area contributed by atoms with Crippen LogP contribution in [0.25, 0.3) is 125 Å². The van der Waals surface area contributed by atoms with Crippen LogP contribution in [0.5, 0.6) is 0 Å². The molecular formula is C66H31N11. The maximum atomic E-state index is 10.5. The second-order valence-corrected chi connectivity index (χ2v) is 17.7. The Bertz CT molecular complexity index is 4310. The van der Waals surface area contributed by atoms with Crippen LogP contribution in [0.15, 0.2) is 188 Å². The molecule has 0 bridgehead atoms. The molecule has 0 amide bonds. The predicted octanol–water partition coefficient (Wildman–Crippen LogP) is 16.9. The number of benzene rings is 9. The summed E-state index contributed by atoms with van der Waals surface area (Å²) in [5, 5.41) is 42.5. The summed E-state index contributed by atoms with van der Waals surface area (Å²) in [7, 11) is 0. The molecule has 2 aromatic heterocycles. The van der Waals surface area contributed by atoms with Gasteiger partial charge in [0, 0.05) is 60.8 Å². The zero-order valence-corrected chi connectivity index (χ0v) is 40.3. The smallest absolute Gasteiger partial charge is 0.197 e. The molecule has 0 fully saturated rings. The molecule has 0 aliphatic heterocycles. The van der Waals surface area contributed by atoms with Crippen molar-refractivity contribution in [1.82, 2.24) is 14.5 Å². The summed E-state index contributed by atoms with van der Waals surface area (Å²) in [6, 6.07) is 66.4. The van der Waals surface area contributed by atoms with E-state index in [-0.39, 0.29) is 33.8 Å². The summed E-state index contributed by atoms with van der Waals surface area (Å²) in [6.45, 7) is 32.2. The van der Waals surface area contributed by atoms with Crippen LogP contribution in [-0.4, -0.2) is 14.5 Å². The average molecular weight is 978 g/mol. The Kier molecular flexibility index (Phi) is 12.1. The molecule has 0 aliphatic rings. The molecule has 0 saturated carbocycles. The van der Waals surface area contributed by atoms with E-state index in [0.29, 0.717) is 106 Å². The molecular weight excluding hydrogens is 947 g/mol. The fourth-order valence-corrected chi connectivity index (χ4v) is 9.93. The maximum absolute atomic E-state index is 10.5. The zero-order chi connectivity index (χ0) is 53.2. The van der Waals surface area contributed by atoms with Gasteiger partial charge in [-0.05, 0) is 101 Å². The normalized spacial score (nSPS) is 10.5. The number of rotatable bonds is 8. The number of nitrogens with zero attached hydrogens (tertiary/aromatic N) is 11. The van der Waals surface area contributed by atoms with E-state index in [9.17, 15) is 21.0 Å². The molecule has 0 radical (unpaired) electrons. The Hall–Kier alpha value is -12.2. The Morgan fingerprint density at radius 1 is 0.377 bits per heavy atom. The molecule has 0 spiro atoms. The van der Waals surface area contributed by atoms with Gasteiger partial charge in [0.25, 0.3) is 0 Å². The molecule has 0 atom stereocenters. The highest BCUT2D eigenvalue weighted by molar-refractivity contribution is 6.14. The van der Waals surface area contributed by atoms with Gasteiger partial charge in [0.15, 0.2) is 28.6 Å². The summed E-state index contributed by atoms with van der Waals surface area (Å²) in [6.07, 6.45) is 0. The van der Waals surface area contributed by atoms with Crippen molar-refractivity contribution in [3.63, 3.8) is 0 Å². The van der Waals surface area contributed by atoms with E-state index in [4.69, 9.17) is 36.3 Å². The van der Waals surface area contributed by atoms with Crippen molar-refractivity contribution in [2.45, 2.75) is 0 Å². The van der Waals surface area contributed by atoms with Gasteiger partial charge in [-0.1, -0.05) is 109 Å². The summed E-state index contributed by atoms with van der Waals surface area (Å²) >= 11 is 0. The SMILES string of the molecule is [C-]#[N+]c1cccc(-c2cc(-c3cc(-c4ccccc4)nc(-c4ccccc4)n3)cc(-c3cccc(C#N)c3)c2-n2c3ccc(-c4c(C#N)cc(C#N)cc4[N+]#[C-])cc3c3cc(-c4c(C#N)cc([N+]#[C-])cc4[N+]#[C-])ccc32)c1. The van der Waals surface area contributed by atoms with Crippen LogP contribution in [0.2, 0.25) is 0 Å². The highest BCUT2D eigenvalue weighted by Crippen LogP contribution is 2.48. The first-order valence-corrected chi connectivity index (χ1v) is 23.7. The van der Waals surface area contributed by atoms with E-state index < -0.39 is 0 Å². The molecule has 11 aromatic rings. The molecule has 77 heavy (non-hydrogen) atoms. The Labute approximate surface area is 442 Å². The van der Waals surface area contributed by atoms with Crippen molar-refractivity contribution in [3.8, 4) is 108 Å². The lowest BCUT2D eigenvalue weighted by atomic mass is 9.90. The molecule has 11 nitrogen and oxygen atoms in total. The second-order valence-electron chi connectivity index (χ2n) is 17.7. The van der Waals surface area contributed by atoms with Gasteiger partial charge in [-0.15, -0.1) is 0 Å². The van der Waals surface area contributed by atoms with Gasteiger partial charge in [0.05, 0.1) is 89.8 Å². The quantitative estimate of drug-likeness (QED) is 0.139. The Balaban J connectivity index is 1.30. The van der Waals surface area contributed by atoms with Gasteiger partial charge in [-0.3, -0.25) is 0 Å². The van der Waals surface area contributed by atoms with Crippen LogP contribution in [0.4, 0.5) is 22.7 Å². The van der Waals surface area contributed by atoms with Crippen LogP contribution < -0.4 is 0 Å². The fraction of sp³-hybridized carbons (Fsp3) is 0. The number of hydrogen-bond acceptors (Lipinski definition) is 6. The first-order valence-electron chi connectivity index (χ1n) is 23.7. The molecule has 0 aliphatic carbocycles. The highest BCUT2D eigenvalue weighted by atomic mass is 15.0. The third kappa shape index (κ3) is 8.45. The monoisotopic (exact) mass is 977 g/mol. The fourth-order valence-electron chi connectivity index (χ4n) is 9.93. The third-order valence-electron chi connectivity index (χ3n) is 13.3. The van der Waals surface area contributed by atoms with Crippen LogP contribution in [0.3, 0.4) is 0 Å². The van der Waals surface area contributed by atoms with Gasteiger partial charge >= 0.3 is 0 Å². The van der Waals surface area contributed by atoms with Crippen molar-refractivity contribution < 1.29 is 0 Å². The van der Waals surface area contributed by atoms with Gasteiger partial charge in [0.2, 0.25) is 0 Å². The molecule has 0 N–H and O–H groups in total. The van der Waals surface area contributed by atoms with Crippen molar-refractivity contribution in [3.05, 3.63) is 256 Å². The molecule has 350 valence electrons. The first-order chi connectivity index (χ1) is 37.8. The minimum Gasteiger partial charge on any atom is -0.308 e. The Morgan fingerprint density at radius 2 is 0.909 bits per heavy atom. The van der Waals surface area contributed by atoms with Crippen molar-refractivity contribution in [1.29, 1.82) is 21.0 Å². The number of hydrogen-bond donors (Lipinski definition) is 0. The predicted molar refractivity (Wildman–Crippen MR) is 298 cm³/mol. The molecule has 11 heteroatoms. The number of fused-ring (bicyclic) bond motifs is 3. The van der Waals surface area contributed by atoms with Crippen LogP contribution in [-0.2, 0) is 0 Å². The molecule has 0 unspecified atom stereocenters. The largest absolute Gasteiger partial charge is 0.308 e. The lowest BCUT2D eigenvalue weighted by molar-refractivity contribution is 1.17. The van der Waals surface area contributed by atoms with Crippen LogP contribution >= 0.6 is 0 Å². The van der Waals surface area contributed by atoms with Crippen molar-refractivity contribution in [2.24, 2.45) is 0 Å². The molecule has 2 heterocycles. The summed E-state index contributed by atoms with van der Waals surface area (Å²) in [5.74, 6) is 0.512. The number of aromatic nitrogens is 3. The van der Waals surface area contributed by atoms with Gasteiger partial charge in [-0.2, -0.15) is 21.0 Å². The number of nitriles is 4. The van der Waals surface area contributed by atoms with E-state index >= 15 is 0 Å². The summed E-state index contributed by atoms with van der Waals surface area (Å²) in [4.78, 5) is 25.2.